The van der Waals surface area contributed by atoms with Crippen molar-refractivity contribution in [3.05, 3.63) is 66.2 Å². The highest BCUT2D eigenvalue weighted by atomic mass is 32.2. The molecule has 2 aliphatic heterocycles. The predicted octanol–water partition coefficient (Wildman–Crippen LogP) is 4.31. The maximum absolute atomic E-state index is 12.2. The molecule has 5 nitrogen and oxygen atoms in total. The van der Waals surface area contributed by atoms with Crippen LogP contribution in [0.3, 0.4) is 0 Å². The van der Waals surface area contributed by atoms with Crippen LogP contribution in [-0.4, -0.2) is 39.2 Å². The van der Waals surface area contributed by atoms with Gasteiger partial charge in [0.25, 0.3) is 5.91 Å². The smallest absolute Gasteiger partial charge is 0.267 e. The summed E-state index contributed by atoms with van der Waals surface area (Å²) in [7, 11) is 2.05. The second-order valence-corrected chi connectivity index (χ2v) is 7.50. The summed E-state index contributed by atoms with van der Waals surface area (Å²) >= 11 is 1.54. The predicted molar refractivity (Wildman–Crippen MR) is 115 cm³/mol. The molecule has 2 aromatic carbocycles. The molecule has 1 aromatic heterocycles. The van der Waals surface area contributed by atoms with Crippen molar-refractivity contribution < 1.29 is 4.79 Å². The minimum absolute atomic E-state index is 0.131. The van der Waals surface area contributed by atoms with E-state index in [1.165, 1.54) is 11.8 Å². The summed E-state index contributed by atoms with van der Waals surface area (Å²) in [6.07, 6.45) is 1.98. The first-order chi connectivity index (χ1) is 13.7. The zero-order chi connectivity index (χ0) is 19.3. The van der Waals surface area contributed by atoms with Crippen LogP contribution in [0.4, 0.5) is 5.69 Å². The SMILES string of the molecule is CSC1=Nc2c(c(-c3ccccc3)n(C)c2-c2ccccc2)C2=NC(=O)CN12. The van der Waals surface area contributed by atoms with Crippen LogP contribution in [-0.2, 0) is 11.8 Å². The van der Waals surface area contributed by atoms with Crippen molar-refractivity contribution in [3.63, 3.8) is 0 Å². The lowest BCUT2D eigenvalue weighted by Crippen LogP contribution is -2.35. The van der Waals surface area contributed by atoms with Crippen LogP contribution in [0.1, 0.15) is 5.56 Å². The number of amides is 1. The highest BCUT2D eigenvalue weighted by Gasteiger charge is 2.38. The van der Waals surface area contributed by atoms with Crippen molar-refractivity contribution in [2.75, 3.05) is 12.8 Å². The van der Waals surface area contributed by atoms with E-state index in [-0.39, 0.29) is 12.5 Å². The highest BCUT2D eigenvalue weighted by Crippen LogP contribution is 2.46. The van der Waals surface area contributed by atoms with Gasteiger partial charge in [-0.05, 0) is 11.8 Å². The van der Waals surface area contributed by atoms with Gasteiger partial charge in [-0.25, -0.2) is 4.99 Å². The van der Waals surface area contributed by atoms with Crippen LogP contribution < -0.4 is 0 Å². The molecule has 3 heterocycles. The largest absolute Gasteiger partial charge is 0.341 e. The molecule has 0 saturated heterocycles. The number of aliphatic imine (C=N–C) groups is 2. The van der Waals surface area contributed by atoms with Gasteiger partial charge in [0.05, 0.1) is 17.0 Å². The minimum atomic E-state index is -0.131. The molecule has 0 N–H and O–H groups in total. The molecule has 0 atom stereocenters. The molecule has 0 unspecified atom stereocenters. The molecule has 0 spiro atoms. The van der Waals surface area contributed by atoms with Gasteiger partial charge in [0.15, 0.2) is 11.0 Å². The van der Waals surface area contributed by atoms with E-state index in [9.17, 15) is 4.79 Å². The number of rotatable bonds is 2. The third-order valence-electron chi connectivity index (χ3n) is 5.09. The van der Waals surface area contributed by atoms with Crippen LogP contribution >= 0.6 is 11.8 Å². The average molecular weight is 386 g/mol. The minimum Gasteiger partial charge on any atom is -0.341 e. The molecule has 0 saturated carbocycles. The number of aromatic nitrogens is 1. The van der Waals surface area contributed by atoms with Crippen LogP contribution in [0.25, 0.3) is 22.5 Å². The van der Waals surface area contributed by atoms with Gasteiger partial charge in [0.1, 0.15) is 12.2 Å². The number of fused-ring (bicyclic) bond motifs is 3. The molecular formula is C22H18N4OS. The summed E-state index contributed by atoms with van der Waals surface area (Å²) in [6.45, 7) is 0.248. The molecule has 0 fully saturated rings. The Labute approximate surface area is 167 Å². The van der Waals surface area contributed by atoms with Crippen molar-refractivity contribution in [2.45, 2.75) is 0 Å². The van der Waals surface area contributed by atoms with Crippen molar-refractivity contribution >= 4 is 34.4 Å². The molecule has 1 amide bonds. The molecule has 0 radical (unpaired) electrons. The topological polar surface area (TPSA) is 50.0 Å². The number of hydrogen-bond acceptors (Lipinski definition) is 4. The zero-order valence-electron chi connectivity index (χ0n) is 15.6. The number of thioether (sulfide) groups is 1. The van der Waals surface area contributed by atoms with Crippen LogP contribution in [0, 0.1) is 0 Å². The van der Waals surface area contributed by atoms with Crippen LogP contribution in [0.2, 0.25) is 0 Å². The van der Waals surface area contributed by atoms with Gasteiger partial charge < -0.3 is 4.57 Å². The van der Waals surface area contributed by atoms with E-state index in [0.29, 0.717) is 5.84 Å². The Bertz CT molecular complexity index is 1150. The molecule has 0 aliphatic carbocycles. The lowest BCUT2D eigenvalue weighted by Gasteiger charge is -2.24. The molecule has 5 rings (SSSR count). The number of benzene rings is 2. The first-order valence-electron chi connectivity index (χ1n) is 9.04. The van der Waals surface area contributed by atoms with E-state index in [4.69, 9.17) is 4.99 Å². The fraction of sp³-hybridized carbons (Fsp3) is 0.136. The fourth-order valence-electron chi connectivity index (χ4n) is 3.93. The van der Waals surface area contributed by atoms with E-state index in [0.717, 1.165) is 38.9 Å². The molecular weight excluding hydrogens is 368 g/mol. The van der Waals surface area contributed by atoms with Crippen LogP contribution in [0.15, 0.2) is 70.6 Å². The first-order valence-corrected chi connectivity index (χ1v) is 10.3. The highest BCUT2D eigenvalue weighted by molar-refractivity contribution is 8.13. The zero-order valence-corrected chi connectivity index (χ0v) is 16.4. The van der Waals surface area contributed by atoms with E-state index in [1.54, 1.807) is 0 Å². The fourth-order valence-corrected chi connectivity index (χ4v) is 4.49. The van der Waals surface area contributed by atoms with E-state index in [1.807, 2.05) is 47.6 Å². The molecule has 3 aromatic rings. The monoisotopic (exact) mass is 386 g/mol. The lowest BCUT2D eigenvalue weighted by atomic mass is 10.0. The van der Waals surface area contributed by atoms with E-state index in [2.05, 4.69) is 40.9 Å². The first kappa shape index (κ1) is 17.0. The second-order valence-electron chi connectivity index (χ2n) is 6.73. The van der Waals surface area contributed by atoms with Gasteiger partial charge in [-0.1, -0.05) is 72.4 Å². The number of hydrogen-bond donors (Lipinski definition) is 0. The van der Waals surface area contributed by atoms with Gasteiger partial charge in [-0.3, -0.25) is 9.69 Å². The Hall–Kier alpha value is -3.12. The average Bonchev–Trinajstić information content (AvgIpc) is 3.25. The van der Waals surface area contributed by atoms with Gasteiger partial charge in [0.2, 0.25) is 0 Å². The second kappa shape index (κ2) is 6.49. The quantitative estimate of drug-likeness (QED) is 0.659. The van der Waals surface area contributed by atoms with Crippen molar-refractivity contribution in [3.8, 4) is 22.5 Å². The molecule has 6 heteroatoms. The summed E-state index contributed by atoms with van der Waals surface area (Å²) in [5.41, 5.74) is 6.02. The lowest BCUT2D eigenvalue weighted by molar-refractivity contribution is -0.116. The summed E-state index contributed by atoms with van der Waals surface area (Å²) in [5, 5.41) is 0.805. The third kappa shape index (κ3) is 2.45. The number of carbonyl (C=O) groups is 1. The summed E-state index contributed by atoms with van der Waals surface area (Å²) < 4.78 is 2.17. The summed E-state index contributed by atoms with van der Waals surface area (Å²) in [4.78, 5) is 23.5. The number of carbonyl (C=O) groups excluding carboxylic acids is 1. The normalized spacial score (nSPS) is 15.2. The van der Waals surface area contributed by atoms with Crippen molar-refractivity contribution in [1.82, 2.24) is 9.47 Å². The van der Waals surface area contributed by atoms with Crippen molar-refractivity contribution in [1.29, 1.82) is 0 Å². The van der Waals surface area contributed by atoms with Gasteiger partial charge in [-0.15, -0.1) is 0 Å². The maximum atomic E-state index is 12.2. The standard InChI is InChI=1S/C22H18N4OS/c1-25-19(14-9-5-3-6-10-14)17-18(20(25)15-11-7-4-8-12-15)24-22(28-2)26-13-16(27)23-21(17)26/h3-12H,13H2,1-2H3. The molecule has 138 valence electrons. The third-order valence-corrected chi connectivity index (χ3v) is 5.76. The maximum Gasteiger partial charge on any atom is 0.267 e. The summed E-state index contributed by atoms with van der Waals surface area (Å²) in [5.74, 6) is 0.574. The Morgan fingerprint density at radius 2 is 1.50 bits per heavy atom. The summed E-state index contributed by atoms with van der Waals surface area (Å²) in [6, 6.07) is 20.5. The Morgan fingerprint density at radius 1 is 0.893 bits per heavy atom. The Morgan fingerprint density at radius 3 is 2.11 bits per heavy atom. The molecule has 28 heavy (non-hydrogen) atoms. The van der Waals surface area contributed by atoms with E-state index < -0.39 is 0 Å². The number of amidine groups is 2. The molecule has 0 bridgehead atoms. The Balaban J connectivity index is 1.89. The molecule has 2 aliphatic rings. The van der Waals surface area contributed by atoms with Gasteiger partial charge >= 0.3 is 0 Å². The van der Waals surface area contributed by atoms with Gasteiger partial charge in [0, 0.05) is 12.6 Å². The van der Waals surface area contributed by atoms with Crippen molar-refractivity contribution in [2.24, 2.45) is 17.0 Å². The number of nitrogens with zero attached hydrogens (tertiary/aromatic N) is 4. The van der Waals surface area contributed by atoms with E-state index >= 15 is 0 Å². The van der Waals surface area contributed by atoms with Gasteiger partial charge in [-0.2, -0.15) is 4.99 Å². The van der Waals surface area contributed by atoms with Crippen LogP contribution in [0.5, 0.6) is 0 Å². The Kier molecular flexibility index (Phi) is 3.94.